The molecule has 9 heteroatoms. The predicted molar refractivity (Wildman–Crippen MR) is 101 cm³/mol. The van der Waals surface area contributed by atoms with Gasteiger partial charge in [-0.1, -0.05) is 0 Å². The minimum atomic E-state index is -0.987. The highest BCUT2D eigenvalue weighted by molar-refractivity contribution is 5.97. The Bertz CT molecular complexity index is 737. The van der Waals surface area contributed by atoms with E-state index in [4.69, 9.17) is 19.7 Å². The summed E-state index contributed by atoms with van der Waals surface area (Å²) in [7, 11) is 0. The summed E-state index contributed by atoms with van der Waals surface area (Å²) in [5, 5.41) is 20.3. The molecule has 1 aromatic carbocycles. The standard InChI is InChI=1S/C19H24N2O7/c1-3-27-17(24)10-9-16(19(26)28-4-2)21-18(25)13-5-7-14(8-6-13)20-11-15(23)12-22/h5-8,16,22-23H,3-4,9-10,12H2,1-2H3,(H,21,25). The quantitative estimate of drug-likeness (QED) is 0.311. The third kappa shape index (κ3) is 8.03. The summed E-state index contributed by atoms with van der Waals surface area (Å²) in [4.78, 5) is 39.8. The van der Waals surface area contributed by atoms with Crippen molar-refractivity contribution in [2.24, 2.45) is 4.99 Å². The molecule has 152 valence electrons. The lowest BCUT2D eigenvalue weighted by atomic mass is 10.1. The molecule has 3 N–H and O–H groups in total. The van der Waals surface area contributed by atoms with Gasteiger partial charge in [-0.25, -0.2) is 9.79 Å². The van der Waals surface area contributed by atoms with Crippen LogP contribution in [-0.4, -0.2) is 59.8 Å². The number of rotatable bonds is 10. The van der Waals surface area contributed by atoms with Gasteiger partial charge in [-0.3, -0.25) is 9.59 Å². The Labute approximate surface area is 162 Å². The first kappa shape index (κ1) is 22.9. The van der Waals surface area contributed by atoms with E-state index in [-0.39, 0.29) is 31.6 Å². The van der Waals surface area contributed by atoms with Crippen molar-refractivity contribution in [1.82, 2.24) is 5.32 Å². The lowest BCUT2D eigenvalue weighted by Crippen LogP contribution is -2.42. The summed E-state index contributed by atoms with van der Waals surface area (Å²) in [5.74, 6) is 0.201. The first-order valence-electron chi connectivity index (χ1n) is 8.76. The highest BCUT2D eigenvalue weighted by Crippen LogP contribution is 2.13. The molecular formula is C19H24N2O7. The number of hydrogen-bond acceptors (Lipinski definition) is 8. The van der Waals surface area contributed by atoms with E-state index < -0.39 is 36.3 Å². The molecule has 0 aromatic heterocycles. The van der Waals surface area contributed by atoms with Gasteiger partial charge in [0.05, 0.1) is 18.9 Å². The lowest BCUT2D eigenvalue weighted by Gasteiger charge is -2.17. The van der Waals surface area contributed by atoms with Crippen molar-refractivity contribution >= 4 is 29.4 Å². The molecule has 0 aliphatic carbocycles. The summed E-state index contributed by atoms with van der Waals surface area (Å²) < 4.78 is 9.77. The fourth-order valence-corrected chi connectivity index (χ4v) is 2.08. The van der Waals surface area contributed by atoms with Crippen LogP contribution in [0.2, 0.25) is 0 Å². The minimum Gasteiger partial charge on any atom is -0.501 e. The second kappa shape index (κ2) is 12.3. The summed E-state index contributed by atoms with van der Waals surface area (Å²) in [6, 6.07) is 4.97. The molecule has 28 heavy (non-hydrogen) atoms. The maximum Gasteiger partial charge on any atom is 0.328 e. The van der Waals surface area contributed by atoms with E-state index in [0.717, 1.165) is 0 Å². The Morgan fingerprint density at radius 3 is 2.36 bits per heavy atom. The van der Waals surface area contributed by atoms with E-state index in [9.17, 15) is 14.4 Å². The van der Waals surface area contributed by atoms with Crippen LogP contribution in [-0.2, 0) is 19.1 Å². The number of nitrogens with zero attached hydrogens (tertiary/aromatic N) is 1. The first-order chi connectivity index (χ1) is 13.4. The van der Waals surface area contributed by atoms with Crippen LogP contribution in [0.15, 0.2) is 35.0 Å². The summed E-state index contributed by atoms with van der Waals surface area (Å²) >= 11 is 0. The van der Waals surface area contributed by atoms with Crippen LogP contribution in [0.5, 0.6) is 0 Å². The molecule has 0 heterocycles. The van der Waals surface area contributed by atoms with Crippen LogP contribution < -0.4 is 5.32 Å². The zero-order chi connectivity index (χ0) is 20.9. The molecule has 0 spiro atoms. The molecule has 0 saturated carbocycles. The molecule has 1 unspecified atom stereocenters. The first-order valence-corrected chi connectivity index (χ1v) is 8.76. The van der Waals surface area contributed by atoms with Crippen LogP contribution in [0.1, 0.15) is 37.0 Å². The van der Waals surface area contributed by atoms with Gasteiger partial charge in [0.25, 0.3) is 5.91 Å². The van der Waals surface area contributed by atoms with Gasteiger partial charge in [-0.15, -0.1) is 0 Å². The van der Waals surface area contributed by atoms with Crippen LogP contribution >= 0.6 is 0 Å². The largest absolute Gasteiger partial charge is 0.501 e. The fourth-order valence-electron chi connectivity index (χ4n) is 2.08. The average Bonchev–Trinajstić information content (AvgIpc) is 2.69. The Morgan fingerprint density at radius 1 is 1.14 bits per heavy atom. The normalized spacial score (nSPS) is 11.0. The van der Waals surface area contributed by atoms with Gasteiger partial charge in [0.15, 0.2) is 5.76 Å². The molecule has 1 atom stereocenters. The predicted octanol–water partition coefficient (Wildman–Crippen LogP) is 1.43. The number of carbonyl (C=O) groups excluding carboxylic acids is 3. The topological polar surface area (TPSA) is 135 Å². The second-order valence-electron chi connectivity index (χ2n) is 5.50. The molecule has 0 bridgehead atoms. The molecule has 0 aliphatic heterocycles. The van der Waals surface area contributed by atoms with Gasteiger partial charge in [0, 0.05) is 17.9 Å². The van der Waals surface area contributed by atoms with Crippen molar-refractivity contribution in [2.75, 3.05) is 19.8 Å². The number of aliphatic imine (C=N–C) groups is 1. The number of nitrogens with one attached hydrogen (secondary N) is 1. The van der Waals surface area contributed by atoms with Gasteiger partial charge in [-0.2, -0.15) is 0 Å². The number of hydrogen-bond donors (Lipinski definition) is 3. The highest BCUT2D eigenvalue weighted by atomic mass is 16.5. The molecule has 1 rings (SSSR count). The van der Waals surface area contributed by atoms with Gasteiger partial charge < -0.3 is 25.0 Å². The Hall–Kier alpha value is -3.16. The lowest BCUT2D eigenvalue weighted by molar-refractivity contribution is -0.146. The molecule has 0 saturated heterocycles. The molecule has 0 aliphatic rings. The van der Waals surface area contributed by atoms with Gasteiger partial charge >= 0.3 is 11.9 Å². The van der Waals surface area contributed by atoms with E-state index in [1.807, 2.05) is 0 Å². The minimum absolute atomic E-state index is 0.0358. The summed E-state index contributed by atoms with van der Waals surface area (Å²) in [6.07, 6.45) is 0.0168. The van der Waals surface area contributed by atoms with Crippen molar-refractivity contribution in [3.8, 4) is 0 Å². The third-order valence-corrected chi connectivity index (χ3v) is 3.41. The Morgan fingerprint density at radius 2 is 1.79 bits per heavy atom. The number of ether oxygens (including phenoxy) is 2. The van der Waals surface area contributed by atoms with Crippen molar-refractivity contribution in [3.63, 3.8) is 0 Å². The Balaban J connectivity index is 2.81. The Kier molecular flexibility index (Phi) is 10.0. The number of carbonyl (C=O) groups is 3. The van der Waals surface area contributed by atoms with Crippen LogP contribution in [0.25, 0.3) is 0 Å². The van der Waals surface area contributed by atoms with E-state index >= 15 is 0 Å². The number of amides is 1. The molecule has 1 aromatic rings. The van der Waals surface area contributed by atoms with Gasteiger partial charge in [-0.05, 0) is 44.5 Å². The van der Waals surface area contributed by atoms with E-state index in [0.29, 0.717) is 5.69 Å². The zero-order valence-corrected chi connectivity index (χ0v) is 15.8. The van der Waals surface area contributed by atoms with Crippen molar-refractivity contribution < 1.29 is 34.1 Å². The second-order valence-corrected chi connectivity index (χ2v) is 5.50. The molecule has 1 amide bonds. The van der Waals surface area contributed by atoms with Crippen LogP contribution in [0.4, 0.5) is 5.69 Å². The maximum atomic E-state index is 12.4. The summed E-state index contributed by atoms with van der Waals surface area (Å²) in [6.45, 7) is 3.12. The van der Waals surface area contributed by atoms with Gasteiger partial charge in [0.2, 0.25) is 0 Å². The monoisotopic (exact) mass is 392 g/mol. The van der Waals surface area contributed by atoms with Gasteiger partial charge in [0.1, 0.15) is 12.6 Å². The zero-order valence-electron chi connectivity index (χ0n) is 15.8. The third-order valence-electron chi connectivity index (χ3n) is 3.41. The average molecular weight is 392 g/mol. The van der Waals surface area contributed by atoms with Crippen molar-refractivity contribution in [3.05, 3.63) is 35.6 Å². The molecular weight excluding hydrogens is 368 g/mol. The highest BCUT2D eigenvalue weighted by Gasteiger charge is 2.23. The van der Waals surface area contributed by atoms with E-state index in [2.05, 4.69) is 16.2 Å². The van der Waals surface area contributed by atoms with Crippen molar-refractivity contribution in [1.29, 1.82) is 0 Å². The SMILES string of the molecule is CCOC(=O)CCC(NC(=O)c1ccc(N=C=C(O)CO)cc1)C(=O)OCC. The van der Waals surface area contributed by atoms with Crippen LogP contribution in [0.3, 0.4) is 0 Å². The van der Waals surface area contributed by atoms with Crippen molar-refractivity contribution in [2.45, 2.75) is 32.7 Å². The maximum absolute atomic E-state index is 12.4. The smallest absolute Gasteiger partial charge is 0.328 e. The van der Waals surface area contributed by atoms with E-state index in [1.165, 1.54) is 24.3 Å². The number of esters is 2. The number of aliphatic hydroxyl groups excluding tert-OH is 2. The number of aliphatic hydroxyl groups is 2. The molecule has 0 radical (unpaired) electrons. The van der Waals surface area contributed by atoms with Crippen LogP contribution in [0, 0.1) is 0 Å². The molecule has 9 nitrogen and oxygen atoms in total. The number of benzene rings is 1. The fraction of sp³-hybridized carbons (Fsp3) is 0.421. The molecule has 0 fully saturated rings. The van der Waals surface area contributed by atoms with E-state index in [1.54, 1.807) is 13.8 Å². The summed E-state index contributed by atoms with van der Waals surface area (Å²) in [5.41, 5.74) is 0.667.